The molecule has 3 nitrogen and oxygen atoms in total. The maximum absolute atomic E-state index is 9.83. The van der Waals surface area contributed by atoms with Crippen molar-refractivity contribution < 1.29 is 5.11 Å². The summed E-state index contributed by atoms with van der Waals surface area (Å²) in [4.78, 5) is 8.96. The van der Waals surface area contributed by atoms with Gasteiger partial charge in [-0.05, 0) is 47.7 Å². The molecule has 2 heterocycles. The third-order valence-corrected chi connectivity index (χ3v) is 5.09. The highest BCUT2D eigenvalue weighted by atomic mass is 16.3. The van der Waals surface area contributed by atoms with E-state index in [0.29, 0.717) is 0 Å². The Morgan fingerprint density at radius 1 is 1.00 bits per heavy atom. The van der Waals surface area contributed by atoms with Crippen LogP contribution < -0.4 is 0 Å². The molecule has 3 aromatic rings. The van der Waals surface area contributed by atoms with E-state index in [1.54, 1.807) is 0 Å². The molecular formula is C24H26N2O. The molecule has 1 aliphatic heterocycles. The second-order valence-corrected chi connectivity index (χ2v) is 6.85. The zero-order valence-corrected chi connectivity index (χ0v) is 14.9. The second-order valence-electron chi connectivity index (χ2n) is 6.85. The third kappa shape index (κ3) is 3.99. The molecule has 0 amide bonds. The molecule has 0 radical (unpaired) electrons. The first-order valence-corrected chi connectivity index (χ1v) is 8.99. The van der Waals surface area contributed by atoms with Gasteiger partial charge in [-0.25, -0.2) is 0 Å². The molecule has 27 heavy (non-hydrogen) atoms. The Balaban J connectivity index is 0.00000210. The lowest BCUT2D eigenvalue weighted by atomic mass is 9.92. The summed E-state index contributed by atoms with van der Waals surface area (Å²) in [6.07, 6.45) is 4.57. The van der Waals surface area contributed by atoms with Gasteiger partial charge in [0.05, 0.1) is 13.2 Å². The van der Waals surface area contributed by atoms with Gasteiger partial charge in [-0.2, -0.15) is 0 Å². The summed E-state index contributed by atoms with van der Waals surface area (Å²) < 4.78 is 0. The average Bonchev–Trinajstić information content (AvgIpc) is 3.07. The Labute approximate surface area is 161 Å². The van der Waals surface area contributed by atoms with E-state index < -0.39 is 0 Å². The third-order valence-electron chi connectivity index (χ3n) is 5.09. The lowest BCUT2D eigenvalue weighted by Crippen LogP contribution is -2.08. The predicted octanol–water partition coefficient (Wildman–Crippen LogP) is 5.03. The Bertz CT molecular complexity index is 948. The van der Waals surface area contributed by atoms with Gasteiger partial charge in [0.1, 0.15) is 0 Å². The normalized spacial score (nSPS) is 13.5. The van der Waals surface area contributed by atoms with Crippen LogP contribution in [0.25, 0.3) is 11.1 Å². The van der Waals surface area contributed by atoms with Crippen LogP contribution in [0.5, 0.6) is 0 Å². The van der Waals surface area contributed by atoms with Gasteiger partial charge in [-0.15, -0.1) is 0 Å². The zero-order chi connectivity index (χ0) is 17.9. The van der Waals surface area contributed by atoms with Crippen LogP contribution in [-0.2, 0) is 13.0 Å². The molecule has 1 N–H and O–H groups in total. The molecule has 0 saturated carbocycles. The van der Waals surface area contributed by atoms with E-state index in [1.807, 2.05) is 30.6 Å². The minimum absolute atomic E-state index is 0. The van der Waals surface area contributed by atoms with E-state index in [4.69, 9.17) is 0 Å². The van der Waals surface area contributed by atoms with Crippen molar-refractivity contribution in [1.29, 1.82) is 0 Å². The summed E-state index contributed by atoms with van der Waals surface area (Å²) in [5, 5.41) is 9.83. The largest absolute Gasteiger partial charge is 0.396 e. The molecule has 3 heteroatoms. The van der Waals surface area contributed by atoms with E-state index in [1.165, 1.54) is 11.1 Å². The molecule has 0 unspecified atom stereocenters. The number of rotatable bonds is 5. The van der Waals surface area contributed by atoms with Crippen LogP contribution in [0, 0.1) is 0 Å². The minimum atomic E-state index is 0. The zero-order valence-electron chi connectivity index (χ0n) is 14.9. The number of aromatic nitrogens is 1. The minimum Gasteiger partial charge on any atom is -0.396 e. The molecule has 1 atom stereocenters. The molecule has 1 aliphatic rings. The monoisotopic (exact) mass is 358 g/mol. The summed E-state index contributed by atoms with van der Waals surface area (Å²) in [6.45, 7) is 2.98. The van der Waals surface area contributed by atoms with Gasteiger partial charge in [0.25, 0.3) is 0 Å². The second kappa shape index (κ2) is 8.28. The van der Waals surface area contributed by atoms with Crippen LogP contribution in [0.15, 0.2) is 72.0 Å². The van der Waals surface area contributed by atoms with Crippen LogP contribution in [-0.4, -0.2) is 22.4 Å². The Hall–Kier alpha value is -2.78. The van der Waals surface area contributed by atoms with Crippen LogP contribution in [0.2, 0.25) is 0 Å². The number of aliphatic hydroxyl groups is 1. The van der Waals surface area contributed by atoms with Crippen molar-refractivity contribution in [3.63, 3.8) is 0 Å². The lowest BCUT2D eigenvalue weighted by Gasteiger charge is -2.15. The summed E-state index contributed by atoms with van der Waals surface area (Å²) in [5.74, 6) is 0.0858. The van der Waals surface area contributed by atoms with Crippen LogP contribution >= 0.6 is 0 Å². The highest BCUT2D eigenvalue weighted by molar-refractivity contribution is 6.02. The van der Waals surface area contributed by atoms with Crippen molar-refractivity contribution in [1.82, 2.24) is 4.98 Å². The first-order valence-electron chi connectivity index (χ1n) is 8.99. The van der Waals surface area contributed by atoms with Gasteiger partial charge in [0.15, 0.2) is 0 Å². The van der Waals surface area contributed by atoms with Crippen molar-refractivity contribution in [2.75, 3.05) is 6.61 Å². The average molecular weight is 358 g/mol. The summed E-state index contributed by atoms with van der Waals surface area (Å²) in [7, 11) is 0. The molecule has 4 rings (SSSR count). The molecule has 0 fully saturated rings. The fourth-order valence-corrected chi connectivity index (χ4v) is 3.57. The van der Waals surface area contributed by atoms with Crippen LogP contribution in [0.4, 0.5) is 0 Å². The van der Waals surface area contributed by atoms with Gasteiger partial charge in [-0.3, -0.25) is 9.98 Å². The Morgan fingerprint density at radius 2 is 1.81 bits per heavy atom. The van der Waals surface area contributed by atoms with Gasteiger partial charge in [-0.1, -0.05) is 49.9 Å². The van der Waals surface area contributed by atoms with Gasteiger partial charge < -0.3 is 5.11 Å². The fraction of sp³-hybridized carbons (Fsp3) is 0.250. The van der Waals surface area contributed by atoms with Crippen molar-refractivity contribution in [2.24, 2.45) is 4.99 Å². The fourth-order valence-electron chi connectivity index (χ4n) is 3.57. The molecule has 0 spiro atoms. The number of nitrogens with zero attached hydrogens (tertiary/aromatic N) is 2. The van der Waals surface area contributed by atoms with Gasteiger partial charge in [0, 0.05) is 35.2 Å². The number of hydrogen-bond donors (Lipinski definition) is 1. The van der Waals surface area contributed by atoms with Crippen LogP contribution in [0.1, 0.15) is 42.5 Å². The summed E-state index contributed by atoms with van der Waals surface area (Å²) in [5.41, 5.74) is 8.20. The topological polar surface area (TPSA) is 45.5 Å². The maximum Gasteiger partial charge on any atom is 0.0649 e. The first-order chi connectivity index (χ1) is 12.7. The van der Waals surface area contributed by atoms with E-state index >= 15 is 0 Å². The quantitative estimate of drug-likeness (QED) is 0.695. The lowest BCUT2D eigenvalue weighted by molar-refractivity contribution is 0.264. The first kappa shape index (κ1) is 19.0. The summed E-state index contributed by atoms with van der Waals surface area (Å²) in [6, 6.07) is 18.9. The van der Waals surface area contributed by atoms with Crippen molar-refractivity contribution >= 4 is 5.71 Å². The van der Waals surface area contributed by atoms with E-state index in [-0.39, 0.29) is 20.0 Å². The predicted molar refractivity (Wildman–Crippen MR) is 112 cm³/mol. The van der Waals surface area contributed by atoms with Crippen LogP contribution in [0.3, 0.4) is 0 Å². The molecule has 0 saturated heterocycles. The number of aliphatic hydroxyl groups excluding tert-OH is 1. The Morgan fingerprint density at radius 3 is 2.59 bits per heavy atom. The number of benzene rings is 2. The van der Waals surface area contributed by atoms with Crippen molar-refractivity contribution in [2.45, 2.75) is 33.2 Å². The van der Waals surface area contributed by atoms with Gasteiger partial charge >= 0.3 is 0 Å². The molecule has 2 aromatic carbocycles. The number of hydrogen-bond acceptors (Lipinski definition) is 3. The number of pyridine rings is 1. The van der Waals surface area contributed by atoms with Gasteiger partial charge in [0.2, 0.25) is 0 Å². The summed E-state index contributed by atoms with van der Waals surface area (Å²) >= 11 is 0. The molecule has 138 valence electrons. The van der Waals surface area contributed by atoms with Crippen molar-refractivity contribution in [3.05, 3.63) is 89.2 Å². The maximum atomic E-state index is 9.83. The van der Waals surface area contributed by atoms with E-state index in [9.17, 15) is 5.11 Å². The highest BCUT2D eigenvalue weighted by Crippen LogP contribution is 2.28. The standard InChI is InChI=1S/C23H22N2O.CH4/c1-16-23-11-19(7-8-20(23)14-25-16)21-9-17(12-24-13-21)10-22(15-26)18-5-3-2-4-6-18;/h2-9,11-13,22,26H,10,14-15H2,1H3;1H4/t22-;/m0./s1. The number of aliphatic imine (C=N–C) groups is 1. The van der Waals surface area contributed by atoms with E-state index in [2.05, 4.69) is 53.3 Å². The SMILES string of the molecule is C.CC1=NCc2ccc(-c3cncc(C[C@@H](CO)c4ccccc4)c3)cc21. The van der Waals surface area contributed by atoms with E-state index in [0.717, 1.165) is 40.9 Å². The molecule has 0 aliphatic carbocycles. The number of fused-ring (bicyclic) bond motifs is 1. The van der Waals surface area contributed by atoms with Crippen molar-refractivity contribution in [3.8, 4) is 11.1 Å². The smallest absolute Gasteiger partial charge is 0.0649 e. The molecule has 0 bridgehead atoms. The Kier molecular flexibility index (Phi) is 5.82. The molecular weight excluding hydrogens is 332 g/mol. The molecule has 1 aromatic heterocycles. The highest BCUT2D eigenvalue weighted by Gasteiger charge is 2.15.